The molecule has 1 fully saturated rings. The molecule has 0 aromatic rings. The van der Waals surface area contributed by atoms with E-state index < -0.39 is 0 Å². The van der Waals surface area contributed by atoms with Crippen molar-refractivity contribution in [2.45, 2.75) is 64.6 Å². The molecule has 102 valence electrons. The quantitative estimate of drug-likeness (QED) is 0.741. The van der Waals surface area contributed by atoms with Gasteiger partial charge in [-0.15, -0.1) is 0 Å². The van der Waals surface area contributed by atoms with Gasteiger partial charge in [-0.05, 0) is 26.3 Å². The number of morpholine rings is 1. The molecule has 3 nitrogen and oxygen atoms in total. The highest BCUT2D eigenvalue weighted by Crippen LogP contribution is 2.20. The van der Waals surface area contributed by atoms with Crippen LogP contribution in [0.1, 0.15) is 46.5 Å². The summed E-state index contributed by atoms with van der Waals surface area (Å²) in [6, 6.07) is 1.90. The Morgan fingerprint density at radius 2 is 2.12 bits per heavy atom. The molecule has 1 rings (SSSR count). The summed E-state index contributed by atoms with van der Waals surface area (Å²) in [5.41, 5.74) is 0. The molecule has 1 aliphatic heterocycles. The van der Waals surface area contributed by atoms with E-state index in [-0.39, 0.29) is 0 Å². The van der Waals surface area contributed by atoms with Crippen LogP contribution >= 0.6 is 0 Å². The zero-order valence-electron chi connectivity index (χ0n) is 12.0. The monoisotopic (exact) mass is 242 g/mol. The van der Waals surface area contributed by atoms with Crippen molar-refractivity contribution in [1.29, 1.82) is 0 Å². The van der Waals surface area contributed by atoms with Gasteiger partial charge in [-0.1, -0.05) is 27.2 Å². The lowest BCUT2D eigenvalue weighted by atomic mass is 9.96. The van der Waals surface area contributed by atoms with E-state index in [1.165, 1.54) is 25.7 Å². The summed E-state index contributed by atoms with van der Waals surface area (Å²) < 4.78 is 5.61. The van der Waals surface area contributed by atoms with Crippen molar-refractivity contribution in [3.63, 3.8) is 0 Å². The third-order valence-electron chi connectivity index (χ3n) is 4.02. The minimum atomic E-state index is 0.612. The first-order valence-corrected chi connectivity index (χ1v) is 7.29. The van der Waals surface area contributed by atoms with Gasteiger partial charge < -0.3 is 10.1 Å². The van der Waals surface area contributed by atoms with Gasteiger partial charge in [0, 0.05) is 24.7 Å². The smallest absolute Gasteiger partial charge is 0.0622 e. The molecule has 3 atom stereocenters. The van der Waals surface area contributed by atoms with Gasteiger partial charge >= 0.3 is 0 Å². The van der Waals surface area contributed by atoms with Crippen LogP contribution in [-0.4, -0.2) is 49.8 Å². The first-order chi connectivity index (χ1) is 8.28. The lowest BCUT2D eigenvalue weighted by Crippen LogP contribution is -2.56. The second kappa shape index (κ2) is 8.06. The highest BCUT2D eigenvalue weighted by atomic mass is 16.5. The number of hydrogen-bond donors (Lipinski definition) is 1. The molecule has 1 heterocycles. The molecule has 3 unspecified atom stereocenters. The van der Waals surface area contributed by atoms with Crippen molar-refractivity contribution < 1.29 is 4.74 Å². The molecule has 3 heteroatoms. The Labute approximate surface area is 107 Å². The summed E-state index contributed by atoms with van der Waals surface area (Å²) >= 11 is 0. The maximum absolute atomic E-state index is 5.61. The predicted octanol–water partition coefficient (Wildman–Crippen LogP) is 2.26. The van der Waals surface area contributed by atoms with Crippen molar-refractivity contribution in [3.8, 4) is 0 Å². The Hall–Kier alpha value is -0.120. The maximum atomic E-state index is 5.61. The second-order valence-corrected chi connectivity index (χ2v) is 5.03. The first-order valence-electron chi connectivity index (χ1n) is 7.29. The van der Waals surface area contributed by atoms with E-state index in [0.717, 1.165) is 19.8 Å². The summed E-state index contributed by atoms with van der Waals surface area (Å²) in [4.78, 5) is 2.68. The molecule has 0 aromatic carbocycles. The fraction of sp³-hybridized carbons (Fsp3) is 1.00. The highest BCUT2D eigenvalue weighted by Gasteiger charge is 2.31. The molecule has 1 N–H and O–H groups in total. The summed E-state index contributed by atoms with van der Waals surface area (Å²) in [5.74, 6) is 0. The van der Waals surface area contributed by atoms with Crippen molar-refractivity contribution in [1.82, 2.24) is 10.2 Å². The number of nitrogens with one attached hydrogen (secondary N) is 1. The van der Waals surface area contributed by atoms with Gasteiger partial charge in [0.05, 0.1) is 13.2 Å². The number of rotatable bonds is 7. The molecular weight excluding hydrogens is 212 g/mol. The molecule has 0 aromatic heterocycles. The zero-order valence-corrected chi connectivity index (χ0v) is 12.0. The van der Waals surface area contributed by atoms with E-state index in [1.807, 2.05) is 0 Å². The van der Waals surface area contributed by atoms with E-state index in [1.54, 1.807) is 0 Å². The molecule has 1 saturated heterocycles. The van der Waals surface area contributed by atoms with Gasteiger partial charge in [-0.3, -0.25) is 4.90 Å². The van der Waals surface area contributed by atoms with Crippen LogP contribution in [0.2, 0.25) is 0 Å². The highest BCUT2D eigenvalue weighted by molar-refractivity contribution is 4.87. The Bertz CT molecular complexity index is 199. The van der Waals surface area contributed by atoms with Gasteiger partial charge in [-0.2, -0.15) is 0 Å². The predicted molar refractivity (Wildman–Crippen MR) is 73.4 cm³/mol. The zero-order chi connectivity index (χ0) is 12.7. The molecule has 0 radical (unpaired) electrons. The minimum Gasteiger partial charge on any atom is -0.378 e. The van der Waals surface area contributed by atoms with Crippen molar-refractivity contribution in [3.05, 3.63) is 0 Å². The van der Waals surface area contributed by atoms with Crippen LogP contribution in [0.5, 0.6) is 0 Å². The van der Waals surface area contributed by atoms with E-state index in [0.29, 0.717) is 18.1 Å². The van der Waals surface area contributed by atoms with Crippen LogP contribution in [0.15, 0.2) is 0 Å². The van der Waals surface area contributed by atoms with Gasteiger partial charge in [0.15, 0.2) is 0 Å². The third-order valence-corrected chi connectivity index (χ3v) is 4.02. The largest absolute Gasteiger partial charge is 0.378 e. The number of ether oxygens (including phenoxy) is 1. The standard InChI is InChI=1S/C14H30N2O/c1-5-8-13(15-4)14(7-3)16-9-10-17-11-12(16)6-2/h12-15H,5-11H2,1-4H3. The maximum Gasteiger partial charge on any atom is 0.0622 e. The number of hydrogen-bond acceptors (Lipinski definition) is 3. The minimum absolute atomic E-state index is 0.612. The summed E-state index contributed by atoms with van der Waals surface area (Å²) in [5, 5.41) is 3.51. The van der Waals surface area contributed by atoms with Gasteiger partial charge in [0.1, 0.15) is 0 Å². The topological polar surface area (TPSA) is 24.5 Å². The van der Waals surface area contributed by atoms with E-state index in [2.05, 4.69) is 38.0 Å². The van der Waals surface area contributed by atoms with Crippen LogP contribution in [0, 0.1) is 0 Å². The van der Waals surface area contributed by atoms with Crippen molar-refractivity contribution in [2.24, 2.45) is 0 Å². The van der Waals surface area contributed by atoms with Gasteiger partial charge in [0.2, 0.25) is 0 Å². The van der Waals surface area contributed by atoms with Gasteiger partial charge in [-0.25, -0.2) is 0 Å². The van der Waals surface area contributed by atoms with E-state index >= 15 is 0 Å². The normalized spacial score (nSPS) is 25.8. The lowest BCUT2D eigenvalue weighted by Gasteiger charge is -2.43. The molecule has 17 heavy (non-hydrogen) atoms. The SMILES string of the molecule is CCCC(NC)C(CC)N1CCOCC1CC. The first kappa shape index (κ1) is 14.9. The Balaban J connectivity index is 2.68. The van der Waals surface area contributed by atoms with Crippen LogP contribution in [0.3, 0.4) is 0 Å². The molecule has 0 saturated carbocycles. The van der Waals surface area contributed by atoms with Crippen molar-refractivity contribution >= 4 is 0 Å². The number of likely N-dealkylation sites (N-methyl/N-ethyl adjacent to an activating group) is 1. The van der Waals surface area contributed by atoms with Gasteiger partial charge in [0.25, 0.3) is 0 Å². The second-order valence-electron chi connectivity index (χ2n) is 5.03. The van der Waals surface area contributed by atoms with E-state index in [4.69, 9.17) is 4.74 Å². The molecule has 0 aliphatic carbocycles. The lowest BCUT2D eigenvalue weighted by molar-refractivity contribution is -0.0385. The fourth-order valence-corrected chi connectivity index (χ4v) is 3.05. The average Bonchev–Trinajstić information content (AvgIpc) is 2.39. The Morgan fingerprint density at radius 1 is 1.35 bits per heavy atom. The third kappa shape index (κ3) is 3.94. The Morgan fingerprint density at radius 3 is 2.65 bits per heavy atom. The Kier molecular flexibility index (Phi) is 7.09. The molecular formula is C14H30N2O. The summed E-state index contributed by atoms with van der Waals surface area (Å²) in [6.45, 7) is 9.76. The fourth-order valence-electron chi connectivity index (χ4n) is 3.05. The molecule has 1 aliphatic rings. The summed E-state index contributed by atoms with van der Waals surface area (Å²) in [7, 11) is 2.10. The van der Waals surface area contributed by atoms with E-state index in [9.17, 15) is 0 Å². The van der Waals surface area contributed by atoms with Crippen LogP contribution in [0.25, 0.3) is 0 Å². The van der Waals surface area contributed by atoms with Crippen LogP contribution in [0.4, 0.5) is 0 Å². The van der Waals surface area contributed by atoms with Crippen LogP contribution < -0.4 is 5.32 Å². The average molecular weight is 242 g/mol. The van der Waals surface area contributed by atoms with Crippen molar-refractivity contribution in [2.75, 3.05) is 26.8 Å². The van der Waals surface area contributed by atoms with Crippen LogP contribution in [-0.2, 0) is 4.74 Å². The number of nitrogens with zero attached hydrogens (tertiary/aromatic N) is 1. The molecule has 0 amide bonds. The summed E-state index contributed by atoms with van der Waals surface area (Å²) in [6.07, 6.45) is 4.94. The molecule has 0 bridgehead atoms. The molecule has 0 spiro atoms.